The van der Waals surface area contributed by atoms with E-state index in [0.717, 1.165) is 22.0 Å². The lowest BCUT2D eigenvalue weighted by Gasteiger charge is -2.32. The average Bonchev–Trinajstić information content (AvgIpc) is 3.24. The molecular formula is C34H34FN3O3. The molecule has 41 heavy (non-hydrogen) atoms. The molecule has 5 rings (SSSR count). The molecule has 1 aliphatic heterocycles. The second kappa shape index (κ2) is 12.3. The summed E-state index contributed by atoms with van der Waals surface area (Å²) in [6.07, 6.45) is 0.791. The number of hydrogen-bond donors (Lipinski definition) is 1. The zero-order valence-electron chi connectivity index (χ0n) is 23.3. The van der Waals surface area contributed by atoms with E-state index in [1.807, 2.05) is 80.6 Å². The van der Waals surface area contributed by atoms with Crippen molar-refractivity contribution < 1.29 is 18.8 Å². The van der Waals surface area contributed by atoms with Crippen LogP contribution >= 0.6 is 0 Å². The maximum atomic E-state index is 14.8. The van der Waals surface area contributed by atoms with Crippen LogP contribution in [0.15, 0.2) is 91.0 Å². The van der Waals surface area contributed by atoms with E-state index < -0.39 is 11.9 Å². The first-order chi connectivity index (χ1) is 19.8. The van der Waals surface area contributed by atoms with Crippen LogP contribution in [0, 0.1) is 5.82 Å². The van der Waals surface area contributed by atoms with Gasteiger partial charge in [0.1, 0.15) is 11.9 Å². The Hall–Kier alpha value is -4.52. The number of carbonyl (C=O) groups excluding carboxylic acids is 3. The lowest BCUT2D eigenvalue weighted by Crippen LogP contribution is -2.52. The molecule has 6 nitrogen and oxygen atoms in total. The summed E-state index contributed by atoms with van der Waals surface area (Å²) in [6, 6.07) is 26.4. The highest BCUT2D eigenvalue weighted by atomic mass is 19.1. The molecule has 0 radical (unpaired) electrons. The number of nitrogens with one attached hydrogen (secondary N) is 1. The fraction of sp³-hybridized carbons (Fsp3) is 0.265. The molecule has 0 spiro atoms. The lowest BCUT2D eigenvalue weighted by atomic mass is 10.0. The fourth-order valence-corrected chi connectivity index (χ4v) is 5.48. The number of amides is 3. The van der Waals surface area contributed by atoms with Crippen molar-refractivity contribution in [2.45, 2.75) is 51.7 Å². The zero-order valence-corrected chi connectivity index (χ0v) is 23.3. The van der Waals surface area contributed by atoms with Gasteiger partial charge in [0.2, 0.25) is 11.8 Å². The smallest absolute Gasteiger partial charge is 0.258 e. The van der Waals surface area contributed by atoms with Crippen LogP contribution in [0.5, 0.6) is 0 Å². The Morgan fingerprint density at radius 2 is 1.61 bits per heavy atom. The van der Waals surface area contributed by atoms with E-state index in [2.05, 4.69) is 5.32 Å². The Kier molecular flexibility index (Phi) is 8.43. The Morgan fingerprint density at radius 3 is 2.34 bits per heavy atom. The molecule has 1 heterocycles. The van der Waals surface area contributed by atoms with Crippen molar-refractivity contribution in [2.75, 3.05) is 11.4 Å². The van der Waals surface area contributed by atoms with Crippen molar-refractivity contribution in [3.8, 4) is 0 Å². The molecule has 4 aromatic carbocycles. The van der Waals surface area contributed by atoms with Crippen molar-refractivity contribution in [1.29, 1.82) is 0 Å². The van der Waals surface area contributed by atoms with E-state index in [4.69, 9.17) is 0 Å². The van der Waals surface area contributed by atoms with E-state index in [9.17, 15) is 18.8 Å². The van der Waals surface area contributed by atoms with E-state index in [0.29, 0.717) is 30.5 Å². The predicted molar refractivity (Wildman–Crippen MR) is 159 cm³/mol. The first-order valence-corrected chi connectivity index (χ1v) is 14.0. The van der Waals surface area contributed by atoms with E-state index in [1.165, 1.54) is 11.0 Å². The van der Waals surface area contributed by atoms with E-state index >= 15 is 0 Å². The third-order valence-electron chi connectivity index (χ3n) is 7.42. The highest BCUT2D eigenvalue weighted by molar-refractivity contribution is 6.25. The van der Waals surface area contributed by atoms with Crippen LogP contribution in [0.3, 0.4) is 0 Å². The van der Waals surface area contributed by atoms with Gasteiger partial charge in [-0.05, 0) is 49.4 Å². The van der Waals surface area contributed by atoms with Gasteiger partial charge in [0.15, 0.2) is 0 Å². The van der Waals surface area contributed by atoms with Crippen LogP contribution in [0.4, 0.5) is 10.1 Å². The van der Waals surface area contributed by atoms with Gasteiger partial charge in [-0.1, -0.05) is 72.8 Å². The number of rotatable bonds is 11. The quantitative estimate of drug-likeness (QED) is 0.253. The predicted octanol–water partition coefficient (Wildman–Crippen LogP) is 5.88. The molecule has 1 N–H and O–H groups in total. The summed E-state index contributed by atoms with van der Waals surface area (Å²) in [5.74, 6) is -1.06. The van der Waals surface area contributed by atoms with Crippen LogP contribution in [0.2, 0.25) is 0 Å². The number of halogens is 1. The molecule has 1 atom stereocenters. The molecule has 4 aromatic rings. The molecular weight excluding hydrogens is 517 g/mol. The Balaban J connectivity index is 1.38. The number of nitrogens with zero attached hydrogens (tertiary/aromatic N) is 2. The molecule has 0 aromatic heterocycles. The Morgan fingerprint density at radius 1 is 0.902 bits per heavy atom. The van der Waals surface area contributed by atoms with E-state index in [1.54, 1.807) is 23.1 Å². The van der Waals surface area contributed by atoms with Crippen LogP contribution in [0.25, 0.3) is 10.8 Å². The standard InChI is InChI=1S/C34H34FN3O3/c1-23(2)36-33(40)30(21-24-11-4-3-5-12-24)38(22-26-13-6-7-17-28(26)35)31(39)19-10-20-37-29-18-9-15-25-14-8-16-27(32(25)29)34(37)41/h3-9,11-18,23,30H,10,19-22H2,1-2H3,(H,36,40)/t30-/m0/s1. The topological polar surface area (TPSA) is 69.7 Å². The number of carbonyl (C=O) groups is 3. The molecule has 0 saturated carbocycles. The normalized spacial score (nSPS) is 13.1. The van der Waals surface area contributed by atoms with Crippen molar-refractivity contribution in [1.82, 2.24) is 10.2 Å². The van der Waals surface area contributed by atoms with Gasteiger partial charge >= 0.3 is 0 Å². The Bertz CT molecular complexity index is 1570. The molecule has 1 aliphatic rings. The van der Waals surface area contributed by atoms with Gasteiger partial charge in [0, 0.05) is 48.5 Å². The maximum absolute atomic E-state index is 14.8. The minimum absolute atomic E-state index is 0.0398. The molecule has 0 saturated heterocycles. The maximum Gasteiger partial charge on any atom is 0.258 e. The van der Waals surface area contributed by atoms with Crippen LogP contribution < -0.4 is 10.2 Å². The summed E-state index contributed by atoms with van der Waals surface area (Å²) < 4.78 is 14.8. The summed E-state index contributed by atoms with van der Waals surface area (Å²) in [7, 11) is 0. The molecule has 0 aliphatic carbocycles. The number of hydrogen-bond acceptors (Lipinski definition) is 3. The monoisotopic (exact) mass is 551 g/mol. The third-order valence-corrected chi connectivity index (χ3v) is 7.42. The minimum Gasteiger partial charge on any atom is -0.352 e. The first kappa shape index (κ1) is 28.0. The van der Waals surface area contributed by atoms with Gasteiger partial charge < -0.3 is 15.1 Å². The number of benzene rings is 4. The average molecular weight is 552 g/mol. The fourth-order valence-electron chi connectivity index (χ4n) is 5.48. The minimum atomic E-state index is -0.835. The van der Waals surface area contributed by atoms with Crippen molar-refractivity contribution in [2.24, 2.45) is 0 Å². The van der Waals surface area contributed by atoms with Gasteiger partial charge in [0.05, 0.1) is 5.69 Å². The van der Waals surface area contributed by atoms with Gasteiger partial charge in [-0.25, -0.2) is 4.39 Å². The summed E-state index contributed by atoms with van der Waals surface area (Å²) in [5.41, 5.74) is 2.75. The SMILES string of the molecule is CC(C)NC(=O)[C@H](Cc1ccccc1)N(Cc1ccccc1F)C(=O)CCCN1C(=O)c2cccc3cccc1c23. The molecule has 0 fully saturated rings. The van der Waals surface area contributed by atoms with Crippen molar-refractivity contribution >= 4 is 34.2 Å². The van der Waals surface area contributed by atoms with E-state index in [-0.39, 0.29) is 36.7 Å². The highest BCUT2D eigenvalue weighted by Gasteiger charge is 2.32. The highest BCUT2D eigenvalue weighted by Crippen LogP contribution is 2.37. The van der Waals surface area contributed by atoms with Crippen molar-refractivity contribution in [3.63, 3.8) is 0 Å². The zero-order chi connectivity index (χ0) is 28.9. The van der Waals surface area contributed by atoms with Gasteiger partial charge in [-0.3, -0.25) is 14.4 Å². The second-order valence-electron chi connectivity index (χ2n) is 10.7. The molecule has 210 valence electrons. The van der Waals surface area contributed by atoms with Crippen LogP contribution in [-0.2, 0) is 22.6 Å². The lowest BCUT2D eigenvalue weighted by molar-refractivity contribution is -0.141. The molecule has 3 amide bonds. The van der Waals surface area contributed by atoms with Crippen molar-refractivity contribution in [3.05, 3.63) is 114 Å². The Labute approximate surface area is 239 Å². The molecule has 0 bridgehead atoms. The summed E-state index contributed by atoms with van der Waals surface area (Å²) in [5, 5.41) is 4.88. The number of anilines is 1. The van der Waals surface area contributed by atoms with Gasteiger partial charge in [0.25, 0.3) is 5.91 Å². The third kappa shape index (κ3) is 6.14. The van der Waals surface area contributed by atoms with Crippen LogP contribution in [-0.4, -0.2) is 41.2 Å². The molecule has 7 heteroatoms. The van der Waals surface area contributed by atoms with Gasteiger partial charge in [-0.15, -0.1) is 0 Å². The first-order valence-electron chi connectivity index (χ1n) is 14.0. The second-order valence-corrected chi connectivity index (χ2v) is 10.7. The summed E-state index contributed by atoms with van der Waals surface area (Å²) in [4.78, 5) is 43.8. The largest absolute Gasteiger partial charge is 0.352 e. The molecule has 0 unspecified atom stereocenters. The van der Waals surface area contributed by atoms with Crippen LogP contribution in [0.1, 0.15) is 48.2 Å². The summed E-state index contributed by atoms with van der Waals surface area (Å²) in [6.45, 7) is 4.05. The van der Waals surface area contributed by atoms with Gasteiger partial charge in [-0.2, -0.15) is 0 Å². The summed E-state index contributed by atoms with van der Waals surface area (Å²) >= 11 is 0.